The molecule has 4 heterocycles. The van der Waals surface area contributed by atoms with Crippen molar-refractivity contribution >= 4 is 45.3 Å². The van der Waals surface area contributed by atoms with Gasteiger partial charge in [-0.1, -0.05) is 101 Å². The largest absolute Gasteiger partial charge is 0.463 e. The molecular weight excluding hydrogens is 714 g/mol. The maximum atomic E-state index is 15.4. The molecule has 4 aliphatic rings. The van der Waals surface area contributed by atoms with Crippen LogP contribution in [0.3, 0.4) is 0 Å². The van der Waals surface area contributed by atoms with Crippen LogP contribution in [0.2, 0.25) is 0 Å². The number of aryl methyl sites for hydroxylation is 2. The topological polar surface area (TPSA) is 125 Å². The van der Waals surface area contributed by atoms with E-state index in [0.29, 0.717) is 22.2 Å². The number of hydrogen-bond donors (Lipinski definition) is 2. The minimum atomic E-state index is -1.52. The molecule has 3 amide bonds. The maximum Gasteiger partial charge on any atom is 0.306 e. The van der Waals surface area contributed by atoms with Gasteiger partial charge in [-0.3, -0.25) is 19.2 Å². The molecule has 264 valence electrons. The van der Waals surface area contributed by atoms with E-state index < -0.39 is 72.0 Å². The molecule has 51 heavy (non-hydrogen) atoms. The van der Waals surface area contributed by atoms with Crippen molar-refractivity contribution in [1.29, 1.82) is 0 Å². The van der Waals surface area contributed by atoms with Crippen molar-refractivity contribution in [3.05, 3.63) is 124 Å². The number of rotatable bonds is 5. The normalized spacial score (nSPS) is 29.3. The second-order valence-electron chi connectivity index (χ2n) is 13.6. The number of ether oxygens (including phenoxy) is 2. The Labute approximate surface area is 305 Å². The van der Waals surface area contributed by atoms with Crippen molar-refractivity contribution in [2.24, 2.45) is 11.8 Å². The van der Waals surface area contributed by atoms with Crippen LogP contribution in [0.1, 0.15) is 47.2 Å². The third kappa shape index (κ3) is 6.21. The molecule has 1 spiro atoms. The van der Waals surface area contributed by atoms with Crippen molar-refractivity contribution in [1.82, 2.24) is 10.2 Å². The third-order valence-corrected chi connectivity index (χ3v) is 11.1. The Bertz CT molecular complexity index is 1900. The van der Waals surface area contributed by atoms with E-state index in [1.807, 2.05) is 105 Å². The summed E-state index contributed by atoms with van der Waals surface area (Å²) in [5.74, 6) is -3.88. The maximum absolute atomic E-state index is 15.4. The summed E-state index contributed by atoms with van der Waals surface area (Å²) in [5, 5.41) is 14.0. The van der Waals surface area contributed by atoms with Gasteiger partial charge in [-0.15, -0.1) is 0 Å². The molecule has 10 nitrogen and oxygen atoms in total. The highest BCUT2D eigenvalue weighted by atomic mass is 79.9. The number of esters is 1. The Kier molecular flexibility index (Phi) is 9.71. The number of nitrogens with one attached hydrogen (secondary N) is 1. The summed E-state index contributed by atoms with van der Waals surface area (Å²) in [6.07, 6.45) is 5.09. The summed E-state index contributed by atoms with van der Waals surface area (Å²) >= 11 is 3.64. The zero-order valence-corrected chi connectivity index (χ0v) is 30.0. The lowest BCUT2D eigenvalue weighted by Gasteiger charge is -2.39. The molecule has 7 rings (SSSR count). The van der Waals surface area contributed by atoms with Crippen LogP contribution in [-0.2, 0) is 28.7 Å². The van der Waals surface area contributed by atoms with Gasteiger partial charge in [0, 0.05) is 23.1 Å². The molecular formula is C40H40BrN3O7. The number of allylic oxidation sites excluding steroid dienone is 1. The van der Waals surface area contributed by atoms with Gasteiger partial charge >= 0.3 is 5.97 Å². The Balaban J connectivity index is 1.39. The SMILES string of the molecule is Cc1ccc(C)c(N2C/C=C\CCC(=O)OC[C@H](c3ccccc3)NC(=O)[C@H]3[C@@H]4O[C@@]5(C=C4Br)[C@@H]3C(=O)N([C@H](CO)c3ccccc3)[C@@H]5C2=O)c1. The van der Waals surface area contributed by atoms with Gasteiger partial charge < -0.3 is 29.7 Å². The Hall–Kier alpha value is -4.58. The summed E-state index contributed by atoms with van der Waals surface area (Å²) in [6.45, 7) is 3.44. The van der Waals surface area contributed by atoms with Gasteiger partial charge in [0.1, 0.15) is 24.4 Å². The molecule has 0 aromatic heterocycles. The number of aliphatic hydroxyl groups is 1. The van der Waals surface area contributed by atoms with E-state index in [-0.39, 0.29) is 19.6 Å². The first-order chi connectivity index (χ1) is 24.6. The van der Waals surface area contributed by atoms with Crippen LogP contribution in [0.25, 0.3) is 0 Å². The van der Waals surface area contributed by atoms with E-state index in [1.54, 1.807) is 11.0 Å². The second-order valence-corrected chi connectivity index (χ2v) is 14.5. The Morgan fingerprint density at radius 2 is 1.69 bits per heavy atom. The average molecular weight is 755 g/mol. The molecule has 2 fully saturated rings. The highest BCUT2D eigenvalue weighted by molar-refractivity contribution is 9.11. The molecule has 0 unspecified atom stereocenters. The number of nitrogens with zero attached hydrogens (tertiary/aromatic N) is 2. The van der Waals surface area contributed by atoms with Crippen molar-refractivity contribution in [3.63, 3.8) is 0 Å². The molecule has 0 saturated carbocycles. The predicted octanol–water partition coefficient (Wildman–Crippen LogP) is 4.99. The summed E-state index contributed by atoms with van der Waals surface area (Å²) in [5.41, 5.74) is 2.30. The molecule has 4 aliphatic heterocycles. The summed E-state index contributed by atoms with van der Waals surface area (Å²) in [4.78, 5) is 60.8. The van der Waals surface area contributed by atoms with Crippen molar-refractivity contribution in [2.75, 3.05) is 24.7 Å². The molecule has 2 saturated heterocycles. The van der Waals surface area contributed by atoms with E-state index in [1.165, 1.54) is 4.90 Å². The molecule has 0 aliphatic carbocycles. The number of carbonyl (C=O) groups is 4. The Morgan fingerprint density at radius 3 is 2.41 bits per heavy atom. The fourth-order valence-corrected chi connectivity index (χ4v) is 8.72. The first-order valence-electron chi connectivity index (χ1n) is 17.2. The fraction of sp³-hybridized carbons (Fsp3) is 0.350. The van der Waals surface area contributed by atoms with Gasteiger partial charge in [0.2, 0.25) is 11.8 Å². The van der Waals surface area contributed by atoms with Crippen molar-refractivity contribution in [3.8, 4) is 0 Å². The van der Waals surface area contributed by atoms with Gasteiger partial charge in [0.25, 0.3) is 5.91 Å². The zero-order valence-electron chi connectivity index (χ0n) is 28.4. The number of hydrogen-bond acceptors (Lipinski definition) is 7. The molecule has 3 aromatic rings. The lowest BCUT2D eigenvalue weighted by atomic mass is 9.74. The number of cyclic esters (lactones) is 1. The Morgan fingerprint density at radius 1 is 0.961 bits per heavy atom. The van der Waals surface area contributed by atoms with E-state index >= 15 is 9.59 Å². The minimum absolute atomic E-state index is 0.106. The molecule has 5 bridgehead atoms. The zero-order chi connectivity index (χ0) is 35.9. The van der Waals surface area contributed by atoms with Crippen LogP contribution in [0.4, 0.5) is 5.69 Å². The number of benzene rings is 3. The van der Waals surface area contributed by atoms with E-state index in [2.05, 4.69) is 21.2 Å². The smallest absolute Gasteiger partial charge is 0.306 e. The van der Waals surface area contributed by atoms with Crippen LogP contribution in [0.15, 0.2) is 102 Å². The lowest BCUT2D eigenvalue weighted by Crippen LogP contribution is -2.57. The summed E-state index contributed by atoms with van der Waals surface area (Å²) in [7, 11) is 0. The van der Waals surface area contributed by atoms with Gasteiger partial charge in [-0.2, -0.15) is 0 Å². The number of amides is 3. The number of halogens is 1. The lowest BCUT2D eigenvalue weighted by molar-refractivity contribution is -0.146. The monoisotopic (exact) mass is 753 g/mol. The van der Waals surface area contributed by atoms with Crippen LogP contribution in [-0.4, -0.2) is 71.2 Å². The van der Waals surface area contributed by atoms with Crippen LogP contribution in [0.5, 0.6) is 0 Å². The summed E-state index contributed by atoms with van der Waals surface area (Å²) in [6, 6.07) is 21.3. The fourth-order valence-electron chi connectivity index (χ4n) is 7.99. The van der Waals surface area contributed by atoms with Crippen molar-refractivity contribution in [2.45, 2.75) is 56.5 Å². The number of aliphatic hydroxyl groups excluding tert-OH is 1. The molecule has 0 radical (unpaired) electrons. The van der Waals surface area contributed by atoms with Crippen molar-refractivity contribution < 1.29 is 33.8 Å². The summed E-state index contributed by atoms with van der Waals surface area (Å²) < 4.78 is 13.0. The molecule has 3 aromatic carbocycles. The predicted molar refractivity (Wildman–Crippen MR) is 193 cm³/mol. The first kappa shape index (κ1) is 34.9. The minimum Gasteiger partial charge on any atom is -0.463 e. The highest BCUT2D eigenvalue weighted by Gasteiger charge is 2.75. The van der Waals surface area contributed by atoms with E-state index in [0.717, 1.165) is 16.7 Å². The first-order valence-corrected chi connectivity index (χ1v) is 18.0. The van der Waals surface area contributed by atoms with Gasteiger partial charge in [0.05, 0.1) is 30.5 Å². The molecule has 11 heteroatoms. The second kappa shape index (κ2) is 14.2. The third-order valence-electron chi connectivity index (χ3n) is 10.4. The van der Waals surface area contributed by atoms with Crippen LogP contribution < -0.4 is 10.2 Å². The highest BCUT2D eigenvalue weighted by Crippen LogP contribution is 2.60. The van der Waals surface area contributed by atoms with Gasteiger partial charge in [-0.25, -0.2) is 0 Å². The van der Waals surface area contributed by atoms with Crippen LogP contribution in [0, 0.1) is 25.7 Å². The quantitative estimate of drug-likeness (QED) is 0.278. The van der Waals surface area contributed by atoms with Gasteiger partial charge in [-0.05, 0) is 54.7 Å². The molecule has 7 atom stereocenters. The van der Waals surface area contributed by atoms with E-state index in [4.69, 9.17) is 9.47 Å². The standard InChI is InChI=1S/C40H40BrN3O7/c1-24-17-18-25(2)30(20-24)43-19-11-5-10-16-32(46)50-23-29(26-12-6-3-7-13-26)42-37(47)33-34-38(48)44(31(22-45)27-14-8-4-9-15-27)36(39(43)49)40(34)21-28(41)35(33)51-40/h3-9,11-15,17-18,20-21,29,31,33-36,45H,10,16,19,22-23H2,1-2H3,(H,42,47)/b11-5-/t29-,31-,33-,34+,35-,36-,40+/m1/s1. The van der Waals surface area contributed by atoms with Crippen LogP contribution >= 0.6 is 15.9 Å². The average Bonchev–Trinajstić information content (AvgIpc) is 3.73. The van der Waals surface area contributed by atoms with E-state index in [9.17, 15) is 14.7 Å². The number of fused-ring (bicyclic) bond motifs is 2. The number of anilines is 1. The molecule has 2 N–H and O–H groups in total. The number of likely N-dealkylation sites (tertiary alicyclic amines) is 1. The van der Waals surface area contributed by atoms with Gasteiger partial charge in [0.15, 0.2) is 0 Å². The number of carbonyl (C=O) groups excluding carboxylic acids is 4.